The Morgan fingerprint density at radius 1 is 1.56 bits per heavy atom. The van der Waals surface area contributed by atoms with Crippen LogP contribution in [0.2, 0.25) is 0 Å². The smallest absolute Gasteiger partial charge is 0.130 e. The van der Waals surface area contributed by atoms with Crippen molar-refractivity contribution in [1.82, 2.24) is 0 Å². The zero-order valence-corrected chi connectivity index (χ0v) is 6.96. The molecule has 0 spiro atoms. The molecule has 0 aromatic heterocycles. The Hall–Kier alpha value is -0.0400. The molecule has 54 valence electrons. The molecule has 0 radical (unpaired) electrons. The number of hydrogen-bond acceptors (Lipinski definition) is 1. The van der Waals surface area contributed by atoms with Crippen molar-refractivity contribution in [1.29, 1.82) is 0 Å². The topological polar surface area (TPSA) is 17.1 Å². The van der Waals surface area contributed by atoms with Crippen LogP contribution < -0.4 is 0 Å². The van der Waals surface area contributed by atoms with Gasteiger partial charge in [-0.1, -0.05) is 13.8 Å². The van der Waals surface area contributed by atoms with Gasteiger partial charge in [-0.05, 0) is 12.3 Å². The second-order valence-electron chi connectivity index (χ2n) is 3.18. The number of carbonyl (C=O) groups is 1. The van der Waals surface area contributed by atoms with Gasteiger partial charge in [0.05, 0.1) is 0 Å². The lowest BCUT2D eigenvalue weighted by Gasteiger charge is -2.18. The molecule has 0 aliphatic carbocycles. The van der Waals surface area contributed by atoms with Crippen molar-refractivity contribution >= 4 is 17.4 Å². The molecule has 0 aliphatic rings. The fourth-order valence-corrected chi connectivity index (χ4v) is 0.816. The fourth-order valence-electron chi connectivity index (χ4n) is 0.721. The molecule has 0 bridgehead atoms. The monoisotopic (exact) mass is 148 g/mol. The Morgan fingerprint density at radius 2 is 2.00 bits per heavy atom. The molecule has 0 rings (SSSR count). The molecular weight excluding hydrogens is 136 g/mol. The summed E-state index contributed by atoms with van der Waals surface area (Å²) >= 11 is 5.59. The van der Waals surface area contributed by atoms with Crippen molar-refractivity contribution in [3.05, 3.63) is 0 Å². The summed E-state index contributed by atoms with van der Waals surface area (Å²) in [6, 6.07) is 0. The van der Waals surface area contributed by atoms with Crippen LogP contribution >= 0.6 is 11.6 Å². The molecule has 0 saturated carbocycles. The van der Waals surface area contributed by atoms with E-state index in [0.29, 0.717) is 12.3 Å². The lowest BCUT2D eigenvalue weighted by atomic mass is 9.90. The maximum atomic E-state index is 10.6. The third-order valence-electron chi connectivity index (χ3n) is 1.09. The number of ketones is 1. The first-order valence-corrected chi connectivity index (χ1v) is 3.57. The van der Waals surface area contributed by atoms with E-state index in [0.717, 1.165) is 0 Å². The van der Waals surface area contributed by atoms with Crippen LogP contribution in [0.5, 0.6) is 0 Å². The molecule has 2 heteroatoms. The summed E-state index contributed by atoms with van der Waals surface area (Å²) < 4.78 is 0. The summed E-state index contributed by atoms with van der Waals surface area (Å²) in [5.74, 6) is 0.757. The molecule has 0 atom stereocenters. The quantitative estimate of drug-likeness (QED) is 0.561. The zero-order chi connectivity index (χ0) is 7.49. The van der Waals surface area contributed by atoms with E-state index < -0.39 is 0 Å². The predicted molar refractivity (Wildman–Crippen MR) is 39.8 cm³/mol. The molecule has 0 aromatic rings. The van der Waals surface area contributed by atoms with Crippen LogP contribution in [0.3, 0.4) is 0 Å². The van der Waals surface area contributed by atoms with Crippen LogP contribution in [0.1, 0.15) is 27.2 Å². The van der Waals surface area contributed by atoms with E-state index >= 15 is 0 Å². The van der Waals surface area contributed by atoms with Crippen LogP contribution in [-0.4, -0.2) is 11.7 Å². The van der Waals surface area contributed by atoms with Gasteiger partial charge >= 0.3 is 0 Å². The molecule has 0 amide bonds. The van der Waals surface area contributed by atoms with Gasteiger partial charge in [0, 0.05) is 12.3 Å². The normalized spacial score (nSPS) is 11.6. The highest BCUT2D eigenvalue weighted by atomic mass is 35.5. The lowest BCUT2D eigenvalue weighted by Crippen LogP contribution is -2.16. The lowest BCUT2D eigenvalue weighted by molar-refractivity contribution is -0.118. The second kappa shape index (κ2) is 3.21. The van der Waals surface area contributed by atoms with Crippen LogP contribution in [0.15, 0.2) is 0 Å². The molecule has 0 aliphatic heterocycles. The van der Waals surface area contributed by atoms with Crippen molar-refractivity contribution in [2.45, 2.75) is 27.2 Å². The summed E-state index contributed by atoms with van der Waals surface area (Å²) in [6.07, 6.45) is 0.580. The third kappa shape index (κ3) is 4.46. The van der Waals surface area contributed by atoms with Crippen LogP contribution in [-0.2, 0) is 4.79 Å². The highest BCUT2D eigenvalue weighted by Crippen LogP contribution is 2.21. The molecule has 0 aromatic carbocycles. The number of halogens is 1. The SMILES string of the molecule is CC(=O)CC(C)(C)CCl. The van der Waals surface area contributed by atoms with E-state index in [1.54, 1.807) is 6.92 Å². The molecule has 1 nitrogen and oxygen atoms in total. The van der Waals surface area contributed by atoms with Crippen LogP contribution in [0.4, 0.5) is 0 Å². The number of hydrogen-bond donors (Lipinski definition) is 0. The minimum atomic E-state index is -0.0204. The molecule has 9 heavy (non-hydrogen) atoms. The van der Waals surface area contributed by atoms with E-state index in [1.807, 2.05) is 13.8 Å². The van der Waals surface area contributed by atoms with Crippen molar-refractivity contribution in [2.24, 2.45) is 5.41 Å². The maximum absolute atomic E-state index is 10.6. The molecule has 0 N–H and O–H groups in total. The molecule has 0 heterocycles. The highest BCUT2D eigenvalue weighted by molar-refractivity contribution is 6.18. The maximum Gasteiger partial charge on any atom is 0.130 e. The molecule has 0 fully saturated rings. The van der Waals surface area contributed by atoms with Gasteiger partial charge in [0.15, 0.2) is 0 Å². The van der Waals surface area contributed by atoms with Crippen molar-refractivity contribution in [3.63, 3.8) is 0 Å². The molecule has 0 unspecified atom stereocenters. The Kier molecular flexibility index (Phi) is 3.20. The average molecular weight is 149 g/mol. The summed E-state index contributed by atoms with van der Waals surface area (Å²) in [5.41, 5.74) is -0.0204. The average Bonchev–Trinajstić information content (AvgIpc) is 1.63. The third-order valence-corrected chi connectivity index (χ3v) is 1.81. The largest absolute Gasteiger partial charge is 0.300 e. The summed E-state index contributed by atoms with van der Waals surface area (Å²) in [7, 11) is 0. The zero-order valence-electron chi connectivity index (χ0n) is 6.20. The Labute approximate surface area is 61.4 Å². The van der Waals surface area contributed by atoms with Gasteiger partial charge in [0.2, 0.25) is 0 Å². The number of Topliss-reactive ketones (excluding diaryl/α,β-unsaturated/α-hetero) is 1. The van der Waals surface area contributed by atoms with Gasteiger partial charge in [-0.25, -0.2) is 0 Å². The predicted octanol–water partition coefficient (Wildman–Crippen LogP) is 2.23. The van der Waals surface area contributed by atoms with E-state index in [2.05, 4.69) is 0 Å². The van der Waals surface area contributed by atoms with Crippen LogP contribution in [0, 0.1) is 5.41 Å². The van der Waals surface area contributed by atoms with Crippen LogP contribution in [0.25, 0.3) is 0 Å². The Morgan fingerprint density at radius 3 is 2.11 bits per heavy atom. The standard InChI is InChI=1S/C7H13ClO/c1-6(9)4-7(2,3)5-8/h4-5H2,1-3H3. The number of carbonyl (C=O) groups excluding carboxylic acids is 1. The first-order chi connectivity index (χ1) is 3.98. The van der Waals surface area contributed by atoms with Gasteiger partial charge in [0.25, 0.3) is 0 Å². The van der Waals surface area contributed by atoms with Gasteiger partial charge in [-0.15, -0.1) is 11.6 Å². The van der Waals surface area contributed by atoms with Crippen molar-refractivity contribution < 1.29 is 4.79 Å². The first-order valence-electron chi connectivity index (χ1n) is 3.03. The minimum Gasteiger partial charge on any atom is -0.300 e. The van der Waals surface area contributed by atoms with Gasteiger partial charge in [-0.3, -0.25) is 0 Å². The molecule has 0 saturated heterocycles. The summed E-state index contributed by atoms with van der Waals surface area (Å²) in [4.78, 5) is 10.6. The van der Waals surface area contributed by atoms with Gasteiger partial charge < -0.3 is 4.79 Å². The summed E-state index contributed by atoms with van der Waals surface area (Å²) in [5, 5.41) is 0. The fraction of sp³-hybridized carbons (Fsp3) is 0.857. The second-order valence-corrected chi connectivity index (χ2v) is 3.44. The Bertz CT molecular complexity index is 107. The minimum absolute atomic E-state index is 0.0204. The summed E-state index contributed by atoms with van der Waals surface area (Å²) in [6.45, 7) is 5.57. The Balaban J connectivity index is 3.71. The van der Waals surface area contributed by atoms with Crippen molar-refractivity contribution in [2.75, 3.05) is 5.88 Å². The number of alkyl halides is 1. The van der Waals surface area contributed by atoms with Gasteiger partial charge in [-0.2, -0.15) is 0 Å². The van der Waals surface area contributed by atoms with E-state index in [-0.39, 0.29) is 11.2 Å². The van der Waals surface area contributed by atoms with Crippen molar-refractivity contribution in [3.8, 4) is 0 Å². The van der Waals surface area contributed by atoms with Gasteiger partial charge in [0.1, 0.15) is 5.78 Å². The van der Waals surface area contributed by atoms with E-state index in [4.69, 9.17) is 11.6 Å². The first kappa shape index (κ1) is 8.96. The van der Waals surface area contributed by atoms with E-state index in [9.17, 15) is 4.79 Å². The number of rotatable bonds is 3. The highest BCUT2D eigenvalue weighted by Gasteiger charge is 2.17. The van der Waals surface area contributed by atoms with E-state index in [1.165, 1.54) is 0 Å². The molecular formula is C7H13ClO.